The molecular weight excluding hydrogens is 717 g/mol. The van der Waals surface area contributed by atoms with Crippen LogP contribution in [0.15, 0.2) is 103 Å². The number of fused-ring (bicyclic) bond motifs is 1. The van der Waals surface area contributed by atoms with E-state index in [9.17, 15) is 0 Å². The molecule has 2 heterocycles. The average Bonchev–Trinajstić information content (AvgIpc) is 3.58. The molecule has 8 rings (SSSR count). The molecule has 0 aliphatic heterocycles. The van der Waals surface area contributed by atoms with Crippen LogP contribution in [0.1, 0.15) is 30.4 Å². The van der Waals surface area contributed by atoms with Crippen molar-refractivity contribution in [1.82, 2.24) is 9.97 Å². The summed E-state index contributed by atoms with van der Waals surface area (Å²) < 4.78 is 0. The van der Waals surface area contributed by atoms with Crippen molar-refractivity contribution in [3.63, 3.8) is 0 Å². The zero-order chi connectivity index (χ0) is 29.1. The maximum atomic E-state index is 4.78. The van der Waals surface area contributed by atoms with E-state index in [-0.39, 0.29) is 20.1 Å². The van der Waals surface area contributed by atoms with Crippen LogP contribution < -0.4 is 5.19 Å². The van der Waals surface area contributed by atoms with Gasteiger partial charge in [0.1, 0.15) is 0 Å². The van der Waals surface area contributed by atoms with Gasteiger partial charge in [0.05, 0.1) is 8.07 Å². The van der Waals surface area contributed by atoms with Gasteiger partial charge in [-0.1, -0.05) is 67.7 Å². The molecule has 3 aliphatic rings. The third-order valence-corrected chi connectivity index (χ3v) is 11.1. The molecule has 2 nitrogen and oxygen atoms in total. The van der Waals surface area contributed by atoms with Gasteiger partial charge in [0.25, 0.3) is 0 Å². The van der Waals surface area contributed by atoms with Crippen LogP contribution in [0.25, 0.3) is 33.6 Å². The Hall–Kier alpha value is -3.17. The van der Waals surface area contributed by atoms with Gasteiger partial charge in [-0.05, 0) is 83.6 Å². The molecule has 0 N–H and O–H groups in total. The second-order valence-corrected chi connectivity index (χ2v) is 18.1. The van der Waals surface area contributed by atoms with Gasteiger partial charge in [-0.3, -0.25) is 0 Å². The van der Waals surface area contributed by atoms with E-state index in [0.29, 0.717) is 0 Å². The molecule has 1 atom stereocenters. The zero-order valence-corrected chi connectivity index (χ0v) is 29.0. The molecular formula is C39H40IrN2Si-2. The molecule has 4 heteroatoms. The molecule has 221 valence electrons. The van der Waals surface area contributed by atoms with Gasteiger partial charge in [0.15, 0.2) is 0 Å². The van der Waals surface area contributed by atoms with Crippen molar-refractivity contribution in [2.24, 2.45) is 17.8 Å². The smallest absolute Gasteiger partial charge is 0.0798 e. The predicted octanol–water partition coefficient (Wildman–Crippen LogP) is 9.20. The number of aryl methyl sites for hydroxylation is 1. The summed E-state index contributed by atoms with van der Waals surface area (Å²) in [6, 6.07) is 37.6. The van der Waals surface area contributed by atoms with Crippen molar-refractivity contribution < 1.29 is 20.1 Å². The Morgan fingerprint density at radius 1 is 0.744 bits per heavy atom. The predicted molar refractivity (Wildman–Crippen MR) is 178 cm³/mol. The van der Waals surface area contributed by atoms with E-state index in [4.69, 9.17) is 4.98 Å². The van der Waals surface area contributed by atoms with Crippen LogP contribution in [0.4, 0.5) is 0 Å². The fourth-order valence-electron chi connectivity index (χ4n) is 6.71. The standard InChI is InChI=1S/C21H26NSi.C18H14N.Ir/c1-23(2,3)21-14-22-20(16-7-5-4-6-8-16)13-19(21)12-18-11-15-9-17(18)10-15;1-14-13-19-18(16-10-6-3-7-11-16)12-17(14)15-8-4-2-5-9-15;/h4-7,13-15,17-18H,9-12H2,1-3H3;2-10,12-13H,1H3;/q2*-1;. The molecule has 3 aliphatic carbocycles. The first-order valence-electron chi connectivity index (χ1n) is 15.3. The molecule has 43 heavy (non-hydrogen) atoms. The van der Waals surface area contributed by atoms with Gasteiger partial charge in [-0.25, -0.2) is 0 Å². The largest absolute Gasteiger partial charge is 0.305 e. The molecule has 1 unspecified atom stereocenters. The van der Waals surface area contributed by atoms with E-state index in [1.165, 1.54) is 42.4 Å². The monoisotopic (exact) mass is 757 g/mol. The molecule has 2 aromatic heterocycles. The van der Waals surface area contributed by atoms with Gasteiger partial charge < -0.3 is 9.97 Å². The fourth-order valence-corrected chi connectivity index (χ4v) is 8.30. The van der Waals surface area contributed by atoms with Crippen molar-refractivity contribution in [2.75, 3.05) is 0 Å². The number of hydrogen-bond donors (Lipinski definition) is 0. The third kappa shape index (κ3) is 7.32. The molecule has 0 saturated heterocycles. The van der Waals surface area contributed by atoms with Crippen LogP contribution >= 0.6 is 0 Å². The van der Waals surface area contributed by atoms with E-state index < -0.39 is 8.07 Å². The summed E-state index contributed by atoms with van der Waals surface area (Å²) in [5, 5.41) is 1.56. The van der Waals surface area contributed by atoms with Crippen LogP contribution in [-0.4, -0.2) is 18.0 Å². The van der Waals surface area contributed by atoms with Gasteiger partial charge in [-0.15, -0.1) is 71.8 Å². The summed E-state index contributed by atoms with van der Waals surface area (Å²) in [5.74, 6) is 2.98. The van der Waals surface area contributed by atoms with E-state index in [1.54, 1.807) is 10.8 Å². The van der Waals surface area contributed by atoms with Gasteiger partial charge in [-0.2, -0.15) is 0 Å². The quantitative estimate of drug-likeness (QED) is 0.128. The number of hydrogen-bond acceptors (Lipinski definition) is 2. The topological polar surface area (TPSA) is 25.8 Å². The van der Waals surface area contributed by atoms with Crippen molar-refractivity contribution in [3.05, 3.63) is 127 Å². The zero-order valence-electron chi connectivity index (χ0n) is 25.6. The number of benzene rings is 3. The van der Waals surface area contributed by atoms with Crippen molar-refractivity contribution in [1.29, 1.82) is 0 Å². The van der Waals surface area contributed by atoms with Crippen LogP contribution in [-0.2, 0) is 26.5 Å². The Balaban J connectivity index is 0.000000170. The Morgan fingerprint density at radius 2 is 1.35 bits per heavy atom. The second-order valence-electron chi connectivity index (χ2n) is 13.1. The van der Waals surface area contributed by atoms with Crippen molar-refractivity contribution in [2.45, 2.75) is 52.2 Å². The minimum Gasteiger partial charge on any atom is -0.305 e. The molecule has 5 aromatic rings. The van der Waals surface area contributed by atoms with Crippen molar-refractivity contribution in [3.8, 4) is 33.6 Å². The summed E-state index contributed by atoms with van der Waals surface area (Å²) in [4.78, 5) is 9.29. The van der Waals surface area contributed by atoms with Crippen LogP contribution in [0.2, 0.25) is 19.6 Å². The summed E-state index contributed by atoms with van der Waals surface area (Å²) in [6.45, 7) is 9.41. The number of nitrogens with zero attached hydrogens (tertiary/aromatic N) is 2. The Kier molecular flexibility index (Phi) is 9.91. The molecule has 0 amide bonds. The Morgan fingerprint density at radius 3 is 1.91 bits per heavy atom. The molecule has 1 radical (unpaired) electrons. The van der Waals surface area contributed by atoms with E-state index >= 15 is 0 Å². The van der Waals surface area contributed by atoms with Gasteiger partial charge >= 0.3 is 0 Å². The molecule has 3 saturated carbocycles. The summed E-state index contributed by atoms with van der Waals surface area (Å²) in [5.41, 5.74) is 9.40. The first-order chi connectivity index (χ1) is 20.3. The fraction of sp³-hybridized carbons (Fsp3) is 0.282. The average molecular weight is 757 g/mol. The first kappa shape index (κ1) is 31.3. The van der Waals surface area contributed by atoms with Crippen LogP contribution in [0.3, 0.4) is 0 Å². The molecule has 0 spiro atoms. The first-order valence-corrected chi connectivity index (χ1v) is 18.8. The summed E-state index contributed by atoms with van der Waals surface area (Å²) in [6.07, 6.45) is 9.83. The minimum absolute atomic E-state index is 0. The second kappa shape index (κ2) is 13.6. The van der Waals surface area contributed by atoms with Gasteiger partial charge in [0, 0.05) is 32.5 Å². The van der Waals surface area contributed by atoms with E-state index in [0.717, 1.165) is 40.3 Å². The van der Waals surface area contributed by atoms with E-state index in [1.807, 2.05) is 48.7 Å². The van der Waals surface area contributed by atoms with Gasteiger partial charge in [0.2, 0.25) is 0 Å². The normalized spacial score (nSPS) is 18.6. The molecule has 3 fully saturated rings. The molecule has 3 aromatic carbocycles. The maximum Gasteiger partial charge on any atom is 0.0798 e. The van der Waals surface area contributed by atoms with Crippen LogP contribution in [0.5, 0.6) is 0 Å². The number of pyridine rings is 2. The van der Waals surface area contributed by atoms with Crippen molar-refractivity contribution >= 4 is 13.3 Å². The molecule has 2 bridgehead atoms. The summed E-state index contributed by atoms with van der Waals surface area (Å²) >= 11 is 0. The summed E-state index contributed by atoms with van der Waals surface area (Å²) in [7, 11) is -1.35. The SMILES string of the molecule is C[Si](C)(C)c1cnc(-c2[c-]cccc2)cc1CC1CC2CC1C2.Cc1cnc(-c2[c-]cccc2)cc1-c1ccccc1.[Ir]. The minimum atomic E-state index is -1.35. The van der Waals surface area contributed by atoms with E-state index in [2.05, 4.69) is 98.4 Å². The number of rotatable bonds is 6. The number of aromatic nitrogens is 2. The Labute approximate surface area is 272 Å². The Bertz CT molecular complexity index is 1630. The third-order valence-electron chi connectivity index (χ3n) is 9.01. The maximum absolute atomic E-state index is 4.78. The van der Waals surface area contributed by atoms with Crippen LogP contribution in [0, 0.1) is 36.8 Å².